The minimum absolute atomic E-state index is 0.157. The number of rotatable bonds is 6. The van der Waals surface area contributed by atoms with E-state index >= 15 is 0 Å². The van der Waals surface area contributed by atoms with Crippen LogP contribution in [-0.4, -0.2) is 60.1 Å². The summed E-state index contributed by atoms with van der Waals surface area (Å²) in [5.74, 6) is 0.381. The quantitative estimate of drug-likeness (QED) is 0.653. The van der Waals surface area contributed by atoms with Gasteiger partial charge in [0, 0.05) is 41.6 Å². The van der Waals surface area contributed by atoms with Gasteiger partial charge < -0.3 is 14.9 Å². The number of hydrogen-bond acceptors (Lipinski definition) is 5. The molecule has 6 heteroatoms. The lowest BCUT2D eigenvalue weighted by molar-refractivity contribution is -0.0200. The van der Waals surface area contributed by atoms with E-state index in [9.17, 15) is 9.90 Å². The zero-order valence-electron chi connectivity index (χ0n) is 17.5. The van der Waals surface area contributed by atoms with E-state index in [4.69, 9.17) is 0 Å². The number of carbonyl (C=O) groups excluding carboxylic acids is 1. The first kappa shape index (κ1) is 20.8. The van der Waals surface area contributed by atoms with Crippen molar-refractivity contribution in [3.63, 3.8) is 0 Å². The standard InChI is InChI=1S/C23H30BrN3O2/c1-26(2)14-23(29)10-8-17(9-11-23)27(3)21-18-12-16(24)6-7-20(18)25-13-19(21)22(28)15-4-5-15/h6-7,12-13,15,17,29H,4-5,8-11,14H2,1-3H3. The number of benzene rings is 1. The smallest absolute Gasteiger partial charge is 0.169 e. The molecule has 1 aromatic carbocycles. The zero-order valence-corrected chi connectivity index (χ0v) is 19.1. The second-order valence-electron chi connectivity index (χ2n) is 9.12. The molecule has 0 radical (unpaired) electrons. The number of likely N-dealkylation sites (N-methyl/N-ethyl adjacent to an activating group) is 1. The molecule has 4 rings (SSSR count). The van der Waals surface area contributed by atoms with Crippen molar-refractivity contribution in [2.24, 2.45) is 5.92 Å². The number of fused-ring (bicyclic) bond motifs is 1. The Kier molecular flexibility index (Phi) is 5.70. The number of pyridine rings is 1. The first-order chi connectivity index (χ1) is 13.8. The molecule has 1 heterocycles. The number of ketones is 1. The molecule has 1 N–H and O–H groups in total. The van der Waals surface area contributed by atoms with Crippen LogP contribution in [0.2, 0.25) is 0 Å². The Bertz CT molecular complexity index is 918. The monoisotopic (exact) mass is 459 g/mol. The van der Waals surface area contributed by atoms with Crippen LogP contribution >= 0.6 is 15.9 Å². The van der Waals surface area contributed by atoms with Gasteiger partial charge in [0.1, 0.15) is 0 Å². The minimum atomic E-state index is -0.614. The Labute approximate surface area is 181 Å². The number of nitrogens with zero attached hydrogens (tertiary/aromatic N) is 3. The Hall–Kier alpha value is -1.50. The van der Waals surface area contributed by atoms with Gasteiger partial charge in [-0.25, -0.2) is 0 Å². The zero-order chi connectivity index (χ0) is 20.8. The Balaban J connectivity index is 1.67. The molecule has 2 aromatic rings. The summed E-state index contributed by atoms with van der Waals surface area (Å²) in [6.45, 7) is 0.694. The van der Waals surface area contributed by atoms with E-state index in [0.717, 1.165) is 65.2 Å². The molecule has 1 aromatic heterocycles. The normalized spacial score (nSPS) is 24.8. The molecule has 0 unspecified atom stereocenters. The Morgan fingerprint density at radius 1 is 1.21 bits per heavy atom. The molecule has 5 nitrogen and oxygen atoms in total. The Morgan fingerprint density at radius 2 is 1.90 bits per heavy atom. The number of hydrogen-bond donors (Lipinski definition) is 1. The van der Waals surface area contributed by atoms with Gasteiger partial charge in [-0.1, -0.05) is 15.9 Å². The van der Waals surface area contributed by atoms with E-state index in [1.54, 1.807) is 6.20 Å². The Morgan fingerprint density at radius 3 is 2.52 bits per heavy atom. The average Bonchev–Trinajstić information content (AvgIpc) is 3.51. The molecule has 2 fully saturated rings. The van der Waals surface area contributed by atoms with E-state index in [1.165, 1.54) is 0 Å². The maximum atomic E-state index is 13.0. The van der Waals surface area contributed by atoms with Crippen LogP contribution in [0.1, 0.15) is 48.9 Å². The summed E-state index contributed by atoms with van der Waals surface area (Å²) in [5, 5.41) is 11.9. The summed E-state index contributed by atoms with van der Waals surface area (Å²) >= 11 is 3.58. The third kappa shape index (κ3) is 4.35. The topological polar surface area (TPSA) is 56.7 Å². The molecule has 0 amide bonds. The van der Waals surface area contributed by atoms with E-state index in [1.807, 2.05) is 26.2 Å². The molecular weight excluding hydrogens is 430 g/mol. The van der Waals surface area contributed by atoms with Gasteiger partial charge in [-0.3, -0.25) is 9.78 Å². The number of halogens is 1. The summed E-state index contributed by atoms with van der Waals surface area (Å²) in [6.07, 6.45) is 7.12. The van der Waals surface area contributed by atoms with Crippen molar-refractivity contribution < 1.29 is 9.90 Å². The highest BCUT2D eigenvalue weighted by Gasteiger charge is 2.37. The van der Waals surface area contributed by atoms with Crippen molar-refractivity contribution in [3.8, 4) is 0 Å². The predicted molar refractivity (Wildman–Crippen MR) is 121 cm³/mol. The number of anilines is 1. The first-order valence-electron chi connectivity index (χ1n) is 10.5. The summed E-state index contributed by atoms with van der Waals surface area (Å²) < 4.78 is 0.987. The van der Waals surface area contributed by atoms with Gasteiger partial charge in [-0.15, -0.1) is 0 Å². The summed E-state index contributed by atoms with van der Waals surface area (Å²) in [6, 6.07) is 6.36. The van der Waals surface area contributed by atoms with Crippen LogP contribution < -0.4 is 4.90 Å². The largest absolute Gasteiger partial charge is 0.389 e. The lowest BCUT2D eigenvalue weighted by Crippen LogP contribution is -2.47. The van der Waals surface area contributed by atoms with E-state index < -0.39 is 5.60 Å². The van der Waals surface area contributed by atoms with Gasteiger partial charge >= 0.3 is 0 Å². The van der Waals surface area contributed by atoms with Crippen LogP contribution in [0.25, 0.3) is 10.9 Å². The number of aliphatic hydroxyl groups is 1. The second kappa shape index (κ2) is 7.97. The van der Waals surface area contributed by atoms with Gasteiger partial charge in [0.15, 0.2) is 5.78 Å². The SMILES string of the molecule is CN(C)CC1(O)CCC(N(C)c2c(C(=O)C3CC3)cnc3ccc(Br)cc23)CC1. The highest BCUT2D eigenvalue weighted by Crippen LogP contribution is 2.41. The van der Waals surface area contributed by atoms with Crippen LogP contribution in [-0.2, 0) is 0 Å². The molecule has 0 saturated heterocycles. The molecular formula is C23H30BrN3O2. The number of carbonyl (C=O) groups is 1. The summed E-state index contributed by atoms with van der Waals surface area (Å²) in [7, 11) is 6.11. The fourth-order valence-electron chi connectivity index (χ4n) is 4.73. The fraction of sp³-hybridized carbons (Fsp3) is 0.565. The third-order valence-corrected chi connectivity index (χ3v) is 6.91. The molecule has 2 aliphatic rings. The van der Waals surface area contributed by atoms with Gasteiger partial charge in [-0.2, -0.15) is 0 Å². The van der Waals surface area contributed by atoms with Crippen molar-refractivity contribution >= 4 is 38.3 Å². The predicted octanol–water partition coefficient (Wildman–Crippen LogP) is 4.26. The summed E-state index contributed by atoms with van der Waals surface area (Å²) in [4.78, 5) is 22.0. The number of Topliss-reactive ketones (excluding diaryl/α,β-unsaturated/α-hetero) is 1. The van der Waals surface area contributed by atoms with Gasteiger partial charge in [-0.05, 0) is 70.8 Å². The van der Waals surface area contributed by atoms with Gasteiger partial charge in [0.05, 0.1) is 22.4 Å². The average molecular weight is 460 g/mol. The second-order valence-corrected chi connectivity index (χ2v) is 10.0. The fourth-order valence-corrected chi connectivity index (χ4v) is 5.09. The van der Waals surface area contributed by atoms with Crippen LogP contribution in [0.4, 0.5) is 5.69 Å². The molecule has 0 aliphatic heterocycles. The maximum Gasteiger partial charge on any atom is 0.169 e. The van der Waals surface area contributed by atoms with Crippen molar-refractivity contribution in [1.82, 2.24) is 9.88 Å². The molecule has 29 heavy (non-hydrogen) atoms. The third-order valence-electron chi connectivity index (χ3n) is 6.41. The lowest BCUT2D eigenvalue weighted by atomic mass is 9.81. The summed E-state index contributed by atoms with van der Waals surface area (Å²) in [5.41, 5.74) is 2.03. The van der Waals surface area contributed by atoms with Crippen LogP contribution in [0, 0.1) is 5.92 Å². The number of aromatic nitrogens is 1. The molecule has 2 saturated carbocycles. The molecule has 0 bridgehead atoms. The van der Waals surface area contributed by atoms with Crippen molar-refractivity contribution in [2.75, 3.05) is 32.6 Å². The first-order valence-corrected chi connectivity index (χ1v) is 11.3. The van der Waals surface area contributed by atoms with Crippen LogP contribution in [0.15, 0.2) is 28.9 Å². The lowest BCUT2D eigenvalue weighted by Gasteiger charge is -2.42. The van der Waals surface area contributed by atoms with E-state index in [2.05, 4.69) is 43.8 Å². The van der Waals surface area contributed by atoms with Crippen LogP contribution in [0.3, 0.4) is 0 Å². The van der Waals surface area contributed by atoms with Crippen LogP contribution in [0.5, 0.6) is 0 Å². The molecule has 2 aliphatic carbocycles. The van der Waals surface area contributed by atoms with Crippen molar-refractivity contribution in [2.45, 2.75) is 50.2 Å². The van der Waals surface area contributed by atoms with Crippen molar-refractivity contribution in [3.05, 3.63) is 34.4 Å². The molecule has 0 spiro atoms. The van der Waals surface area contributed by atoms with E-state index in [0.29, 0.717) is 12.6 Å². The van der Waals surface area contributed by atoms with Gasteiger partial charge in [0.2, 0.25) is 0 Å². The highest BCUT2D eigenvalue weighted by molar-refractivity contribution is 9.10. The highest BCUT2D eigenvalue weighted by atomic mass is 79.9. The molecule has 156 valence electrons. The van der Waals surface area contributed by atoms with Gasteiger partial charge in [0.25, 0.3) is 0 Å². The maximum absolute atomic E-state index is 13.0. The molecule has 0 atom stereocenters. The van der Waals surface area contributed by atoms with E-state index in [-0.39, 0.29) is 11.7 Å². The van der Waals surface area contributed by atoms with Crippen molar-refractivity contribution in [1.29, 1.82) is 0 Å². The minimum Gasteiger partial charge on any atom is -0.389 e.